The first-order valence-electron chi connectivity index (χ1n) is 7.65. The molecule has 1 heterocycles. The second-order valence-electron chi connectivity index (χ2n) is 6.11. The molecular formula is C15H21ClN2O3S. The second kappa shape index (κ2) is 6.35. The Balaban J connectivity index is 1.85. The average molecular weight is 345 g/mol. The van der Waals surface area contributed by atoms with Crippen molar-refractivity contribution in [3.8, 4) is 5.75 Å². The summed E-state index contributed by atoms with van der Waals surface area (Å²) in [5, 5.41) is 0.387. The molecule has 1 atom stereocenters. The number of ether oxygens (including phenoxy) is 1. The topological polar surface area (TPSA) is 72.6 Å². The minimum absolute atomic E-state index is 0.103. The predicted octanol–water partition coefficient (Wildman–Crippen LogP) is 2.24. The van der Waals surface area contributed by atoms with Crippen molar-refractivity contribution < 1.29 is 13.2 Å². The second-order valence-corrected chi connectivity index (χ2v) is 8.45. The van der Waals surface area contributed by atoms with Gasteiger partial charge in [0.2, 0.25) is 10.0 Å². The van der Waals surface area contributed by atoms with Crippen molar-refractivity contribution in [3.05, 3.63) is 23.2 Å². The molecule has 2 aliphatic rings. The smallest absolute Gasteiger partial charge is 0.246 e. The zero-order chi connectivity index (χ0) is 15.7. The van der Waals surface area contributed by atoms with Crippen LogP contribution < -0.4 is 10.5 Å². The van der Waals surface area contributed by atoms with Crippen molar-refractivity contribution in [2.24, 2.45) is 11.7 Å². The molecule has 1 aliphatic heterocycles. The third-order valence-corrected chi connectivity index (χ3v) is 6.53. The Bertz CT molecular complexity index is 646. The average Bonchev–Trinajstić information content (AvgIpc) is 2.86. The fourth-order valence-electron chi connectivity index (χ4n) is 2.78. The summed E-state index contributed by atoms with van der Waals surface area (Å²) in [5.41, 5.74) is 5.83. The summed E-state index contributed by atoms with van der Waals surface area (Å²) in [6.07, 6.45) is 4.21. The van der Waals surface area contributed by atoms with Gasteiger partial charge in [-0.1, -0.05) is 18.0 Å². The zero-order valence-electron chi connectivity index (χ0n) is 12.4. The molecular weight excluding hydrogens is 324 g/mol. The molecule has 0 bridgehead atoms. The van der Waals surface area contributed by atoms with Gasteiger partial charge < -0.3 is 10.5 Å². The SMILES string of the molecule is N[C@@H]1CCN(S(=O)(=O)c2cc(Cl)ccc2OCC2CCC2)C1. The van der Waals surface area contributed by atoms with Gasteiger partial charge in [-0.2, -0.15) is 4.31 Å². The van der Waals surface area contributed by atoms with Crippen molar-refractivity contribution >= 4 is 21.6 Å². The maximum Gasteiger partial charge on any atom is 0.246 e. The van der Waals surface area contributed by atoms with Crippen molar-refractivity contribution in [3.63, 3.8) is 0 Å². The van der Waals surface area contributed by atoms with Crippen molar-refractivity contribution in [1.29, 1.82) is 0 Å². The van der Waals surface area contributed by atoms with Crippen LogP contribution in [0.1, 0.15) is 25.7 Å². The summed E-state index contributed by atoms with van der Waals surface area (Å²) in [4.78, 5) is 0.147. The van der Waals surface area contributed by atoms with Gasteiger partial charge in [-0.3, -0.25) is 0 Å². The quantitative estimate of drug-likeness (QED) is 0.889. The number of hydrogen-bond donors (Lipinski definition) is 1. The lowest BCUT2D eigenvalue weighted by molar-refractivity contribution is 0.177. The van der Waals surface area contributed by atoms with Gasteiger partial charge in [-0.25, -0.2) is 8.42 Å². The minimum Gasteiger partial charge on any atom is -0.492 e. The number of nitrogens with two attached hydrogens (primary N) is 1. The van der Waals surface area contributed by atoms with Crippen molar-refractivity contribution in [1.82, 2.24) is 4.31 Å². The van der Waals surface area contributed by atoms with E-state index in [1.54, 1.807) is 12.1 Å². The molecule has 0 amide bonds. The van der Waals surface area contributed by atoms with Gasteiger partial charge in [0.15, 0.2) is 0 Å². The predicted molar refractivity (Wildman–Crippen MR) is 85.6 cm³/mol. The highest BCUT2D eigenvalue weighted by atomic mass is 35.5. The maximum atomic E-state index is 12.8. The van der Waals surface area contributed by atoms with E-state index in [4.69, 9.17) is 22.1 Å². The summed E-state index contributed by atoms with van der Waals surface area (Å²) >= 11 is 6.00. The van der Waals surface area contributed by atoms with E-state index in [1.165, 1.54) is 16.8 Å². The van der Waals surface area contributed by atoms with Gasteiger partial charge in [0, 0.05) is 24.2 Å². The molecule has 1 aromatic carbocycles. The van der Waals surface area contributed by atoms with Crippen LogP contribution in [-0.4, -0.2) is 38.5 Å². The van der Waals surface area contributed by atoms with Crippen LogP contribution in [0.2, 0.25) is 5.02 Å². The zero-order valence-corrected chi connectivity index (χ0v) is 13.9. The van der Waals surface area contributed by atoms with Crippen LogP contribution in [0.25, 0.3) is 0 Å². The molecule has 0 aromatic heterocycles. The molecule has 0 unspecified atom stereocenters. The Morgan fingerprint density at radius 3 is 2.68 bits per heavy atom. The van der Waals surface area contributed by atoms with Crippen LogP contribution in [0.3, 0.4) is 0 Å². The molecule has 1 aliphatic carbocycles. The summed E-state index contributed by atoms with van der Waals surface area (Å²) < 4.78 is 32.8. The van der Waals surface area contributed by atoms with Crippen molar-refractivity contribution in [2.45, 2.75) is 36.6 Å². The Labute approximate surface area is 136 Å². The Kier molecular flexibility index (Phi) is 4.64. The van der Waals surface area contributed by atoms with Gasteiger partial charge in [-0.15, -0.1) is 0 Å². The van der Waals surface area contributed by atoms with Gasteiger partial charge in [0.25, 0.3) is 0 Å². The number of hydrogen-bond acceptors (Lipinski definition) is 4. The highest BCUT2D eigenvalue weighted by Crippen LogP contribution is 2.33. The molecule has 3 rings (SSSR count). The Hall–Kier alpha value is -0.820. The lowest BCUT2D eigenvalue weighted by Gasteiger charge is -2.26. The van der Waals surface area contributed by atoms with E-state index in [-0.39, 0.29) is 10.9 Å². The van der Waals surface area contributed by atoms with E-state index in [0.717, 1.165) is 12.8 Å². The summed E-state index contributed by atoms with van der Waals surface area (Å²) in [6, 6.07) is 4.67. The van der Waals surface area contributed by atoms with Crippen LogP contribution in [0.4, 0.5) is 0 Å². The lowest BCUT2D eigenvalue weighted by Crippen LogP contribution is -2.32. The van der Waals surface area contributed by atoms with Crippen LogP contribution >= 0.6 is 11.6 Å². The first-order valence-corrected chi connectivity index (χ1v) is 9.46. The molecule has 7 heteroatoms. The maximum absolute atomic E-state index is 12.8. The van der Waals surface area contributed by atoms with Gasteiger partial charge in [0.1, 0.15) is 10.6 Å². The standard InChI is InChI=1S/C15H21ClN2O3S/c16-12-4-5-14(21-10-11-2-1-3-11)15(8-12)22(19,20)18-7-6-13(17)9-18/h4-5,8,11,13H,1-3,6-7,9-10,17H2/t13-/m1/s1. The normalized spacial score (nSPS) is 23.5. The van der Waals surface area contributed by atoms with E-state index in [2.05, 4.69) is 0 Å². The van der Waals surface area contributed by atoms with Gasteiger partial charge in [-0.05, 0) is 43.4 Å². The number of sulfonamides is 1. The van der Waals surface area contributed by atoms with Crippen molar-refractivity contribution in [2.75, 3.05) is 19.7 Å². The molecule has 1 aromatic rings. The first-order chi connectivity index (χ1) is 10.5. The Morgan fingerprint density at radius 1 is 1.32 bits per heavy atom. The van der Waals surface area contributed by atoms with E-state index in [0.29, 0.717) is 42.8 Å². The van der Waals surface area contributed by atoms with Crippen LogP contribution in [0.5, 0.6) is 5.75 Å². The molecule has 122 valence electrons. The molecule has 2 N–H and O–H groups in total. The van der Waals surface area contributed by atoms with Crippen LogP contribution in [0, 0.1) is 5.92 Å². The number of nitrogens with zero attached hydrogens (tertiary/aromatic N) is 1. The number of rotatable bonds is 5. The third kappa shape index (κ3) is 3.25. The van der Waals surface area contributed by atoms with E-state index in [9.17, 15) is 8.42 Å². The molecule has 0 spiro atoms. The summed E-state index contributed by atoms with van der Waals surface area (Å²) in [5.74, 6) is 0.920. The lowest BCUT2D eigenvalue weighted by atomic mass is 9.86. The summed E-state index contributed by atoms with van der Waals surface area (Å²) in [7, 11) is -3.62. The van der Waals surface area contributed by atoms with E-state index >= 15 is 0 Å². The fourth-order valence-corrected chi connectivity index (χ4v) is 4.69. The monoisotopic (exact) mass is 344 g/mol. The molecule has 22 heavy (non-hydrogen) atoms. The van der Waals surface area contributed by atoms with E-state index in [1.807, 2.05) is 0 Å². The van der Waals surface area contributed by atoms with Crippen LogP contribution in [0.15, 0.2) is 23.1 Å². The number of halogens is 1. The van der Waals surface area contributed by atoms with Gasteiger partial charge >= 0.3 is 0 Å². The molecule has 2 fully saturated rings. The first kappa shape index (κ1) is 16.1. The molecule has 0 radical (unpaired) electrons. The van der Waals surface area contributed by atoms with Crippen LogP contribution in [-0.2, 0) is 10.0 Å². The van der Waals surface area contributed by atoms with Gasteiger partial charge in [0.05, 0.1) is 6.61 Å². The molecule has 1 saturated carbocycles. The summed E-state index contributed by atoms with van der Waals surface area (Å²) in [6.45, 7) is 1.35. The highest BCUT2D eigenvalue weighted by Gasteiger charge is 2.33. The highest BCUT2D eigenvalue weighted by molar-refractivity contribution is 7.89. The minimum atomic E-state index is -3.62. The fraction of sp³-hybridized carbons (Fsp3) is 0.600. The van der Waals surface area contributed by atoms with E-state index < -0.39 is 10.0 Å². The largest absolute Gasteiger partial charge is 0.492 e. The number of benzene rings is 1. The Morgan fingerprint density at radius 2 is 2.09 bits per heavy atom. The molecule has 5 nitrogen and oxygen atoms in total. The molecule has 1 saturated heterocycles. The third-order valence-electron chi connectivity index (χ3n) is 4.41.